The second-order valence-corrected chi connectivity index (χ2v) is 6.23. The van der Waals surface area contributed by atoms with E-state index in [9.17, 15) is 4.79 Å². The molecule has 3 heterocycles. The number of nitrogens with one attached hydrogen (secondary N) is 1. The number of amides is 1. The Bertz CT molecular complexity index is 420. The Morgan fingerprint density at radius 2 is 2.38 bits per heavy atom. The molecule has 0 aromatic carbocycles. The van der Waals surface area contributed by atoms with E-state index in [1.807, 2.05) is 4.90 Å². The highest BCUT2D eigenvalue weighted by Gasteiger charge is 2.45. The average Bonchev–Trinajstić information content (AvgIpc) is 2.90. The zero-order valence-electron chi connectivity index (χ0n) is 9.45. The van der Waals surface area contributed by atoms with Crippen LogP contribution >= 0.6 is 11.3 Å². The lowest BCUT2D eigenvalue weighted by Gasteiger charge is -2.21. The summed E-state index contributed by atoms with van der Waals surface area (Å²) in [6.45, 7) is 5.05. The number of hydrogen-bond donors (Lipinski definition) is 1. The van der Waals surface area contributed by atoms with E-state index in [-0.39, 0.29) is 5.41 Å². The maximum atomic E-state index is 12.0. The fourth-order valence-electron chi connectivity index (χ4n) is 2.74. The first-order valence-electron chi connectivity index (χ1n) is 5.76. The minimum atomic E-state index is 0.217. The molecule has 0 aliphatic carbocycles. The highest BCUT2D eigenvalue weighted by molar-refractivity contribution is 7.16. The molecule has 0 bridgehead atoms. The van der Waals surface area contributed by atoms with E-state index in [0.717, 1.165) is 37.5 Å². The summed E-state index contributed by atoms with van der Waals surface area (Å²) in [5.74, 6) is 0.297. The fraction of sp³-hybridized carbons (Fsp3) is 0.583. The predicted octanol–water partition coefficient (Wildman–Crippen LogP) is 1.77. The van der Waals surface area contributed by atoms with Gasteiger partial charge in [-0.1, -0.05) is 0 Å². The molecular weight excluding hydrogens is 220 g/mol. The molecule has 2 fully saturated rings. The van der Waals surface area contributed by atoms with Crippen LogP contribution in [0.15, 0.2) is 12.1 Å². The van der Waals surface area contributed by atoms with Crippen molar-refractivity contribution in [2.24, 2.45) is 5.41 Å². The number of anilines is 1. The van der Waals surface area contributed by atoms with Gasteiger partial charge in [0, 0.05) is 29.8 Å². The summed E-state index contributed by atoms with van der Waals surface area (Å²) in [5, 5.41) is 4.49. The maximum Gasteiger partial charge on any atom is 0.228 e. The molecule has 1 N–H and O–H groups in total. The molecule has 3 rings (SSSR count). The summed E-state index contributed by atoms with van der Waals surface area (Å²) in [7, 11) is 0. The first kappa shape index (κ1) is 10.3. The molecule has 1 aromatic rings. The number of carbonyl (C=O) groups excluding carboxylic acids is 1. The van der Waals surface area contributed by atoms with Crippen LogP contribution in [0.3, 0.4) is 0 Å². The van der Waals surface area contributed by atoms with Crippen molar-refractivity contribution in [3.05, 3.63) is 17.0 Å². The Balaban J connectivity index is 1.85. The normalized spacial score (nSPS) is 29.6. The quantitative estimate of drug-likeness (QED) is 0.806. The topological polar surface area (TPSA) is 32.3 Å². The third-order valence-corrected chi connectivity index (χ3v) is 4.67. The molecule has 0 radical (unpaired) electrons. The minimum absolute atomic E-state index is 0.217. The molecule has 4 heteroatoms. The van der Waals surface area contributed by atoms with Gasteiger partial charge in [-0.2, -0.15) is 0 Å². The van der Waals surface area contributed by atoms with Gasteiger partial charge in [-0.15, -0.1) is 11.3 Å². The molecule has 86 valence electrons. The molecule has 2 aliphatic heterocycles. The van der Waals surface area contributed by atoms with Gasteiger partial charge in [0.2, 0.25) is 5.91 Å². The van der Waals surface area contributed by atoms with E-state index in [1.54, 1.807) is 11.3 Å². The fourth-order valence-corrected chi connectivity index (χ4v) is 3.62. The van der Waals surface area contributed by atoms with E-state index in [4.69, 9.17) is 0 Å². The second-order valence-electron chi connectivity index (χ2n) is 4.97. The van der Waals surface area contributed by atoms with Crippen LogP contribution in [0.1, 0.15) is 17.7 Å². The zero-order chi connectivity index (χ0) is 11.2. The van der Waals surface area contributed by atoms with Crippen molar-refractivity contribution in [3.8, 4) is 0 Å². The third-order valence-electron chi connectivity index (χ3n) is 3.65. The zero-order valence-corrected chi connectivity index (χ0v) is 10.3. The van der Waals surface area contributed by atoms with Crippen LogP contribution < -0.4 is 10.2 Å². The second kappa shape index (κ2) is 3.57. The molecule has 1 amide bonds. The molecule has 1 aromatic heterocycles. The molecule has 0 unspecified atom stereocenters. The van der Waals surface area contributed by atoms with Gasteiger partial charge in [0.1, 0.15) is 0 Å². The van der Waals surface area contributed by atoms with Gasteiger partial charge >= 0.3 is 0 Å². The molecule has 2 saturated heterocycles. The number of nitrogens with zero attached hydrogens (tertiary/aromatic N) is 1. The van der Waals surface area contributed by atoms with E-state index in [2.05, 4.69) is 24.4 Å². The van der Waals surface area contributed by atoms with E-state index < -0.39 is 0 Å². The summed E-state index contributed by atoms with van der Waals surface area (Å²) in [4.78, 5) is 15.3. The maximum absolute atomic E-state index is 12.0. The average molecular weight is 236 g/mol. The molecule has 2 aliphatic rings. The Kier molecular flexibility index (Phi) is 2.30. The summed E-state index contributed by atoms with van der Waals surface area (Å²) in [6, 6.07) is 4.16. The number of rotatable bonds is 1. The van der Waals surface area contributed by atoms with Gasteiger partial charge in [0.15, 0.2) is 0 Å². The van der Waals surface area contributed by atoms with Crippen molar-refractivity contribution in [3.63, 3.8) is 0 Å². The largest absolute Gasteiger partial charge is 0.316 e. The highest BCUT2D eigenvalue weighted by Crippen LogP contribution is 2.40. The molecule has 1 spiro atoms. The molecule has 16 heavy (non-hydrogen) atoms. The van der Waals surface area contributed by atoms with Crippen LogP contribution in [0.5, 0.6) is 0 Å². The van der Waals surface area contributed by atoms with Crippen molar-refractivity contribution in [1.29, 1.82) is 0 Å². The van der Waals surface area contributed by atoms with Crippen molar-refractivity contribution in [2.75, 3.05) is 24.5 Å². The van der Waals surface area contributed by atoms with Gasteiger partial charge < -0.3 is 10.2 Å². The van der Waals surface area contributed by atoms with Crippen molar-refractivity contribution >= 4 is 22.2 Å². The summed E-state index contributed by atoms with van der Waals surface area (Å²) < 4.78 is 0. The standard InChI is InChI=1S/C12H16N2OS/c1-9-2-3-11(16-9)14-8-12(6-10(14)15)4-5-13-7-12/h2-3,13H,4-8H2,1H3/t12-/m1/s1. The lowest BCUT2D eigenvalue weighted by atomic mass is 9.86. The van der Waals surface area contributed by atoms with Crippen molar-refractivity contribution in [1.82, 2.24) is 5.32 Å². The Morgan fingerprint density at radius 3 is 3.00 bits per heavy atom. The van der Waals surface area contributed by atoms with Crippen LogP contribution in [0.2, 0.25) is 0 Å². The van der Waals surface area contributed by atoms with Crippen molar-refractivity contribution < 1.29 is 4.79 Å². The van der Waals surface area contributed by atoms with E-state index >= 15 is 0 Å². The number of carbonyl (C=O) groups is 1. The van der Waals surface area contributed by atoms with Gasteiger partial charge in [-0.05, 0) is 32.0 Å². The Hall–Kier alpha value is -0.870. The molecule has 3 nitrogen and oxygen atoms in total. The SMILES string of the molecule is Cc1ccc(N2C[C@]3(CCNC3)CC2=O)s1. The lowest BCUT2D eigenvalue weighted by Crippen LogP contribution is -2.29. The number of aryl methyl sites for hydroxylation is 1. The Morgan fingerprint density at radius 1 is 1.50 bits per heavy atom. The van der Waals surface area contributed by atoms with Crippen LogP contribution in [-0.4, -0.2) is 25.5 Å². The minimum Gasteiger partial charge on any atom is -0.316 e. The smallest absolute Gasteiger partial charge is 0.228 e. The van der Waals surface area contributed by atoms with Crippen LogP contribution in [0.4, 0.5) is 5.00 Å². The van der Waals surface area contributed by atoms with Crippen LogP contribution in [0.25, 0.3) is 0 Å². The van der Waals surface area contributed by atoms with Crippen LogP contribution in [-0.2, 0) is 4.79 Å². The number of thiophene rings is 1. The first-order valence-corrected chi connectivity index (χ1v) is 6.58. The highest BCUT2D eigenvalue weighted by atomic mass is 32.1. The molecule has 1 atom stereocenters. The summed E-state index contributed by atoms with van der Waals surface area (Å²) in [6.07, 6.45) is 1.86. The summed E-state index contributed by atoms with van der Waals surface area (Å²) in [5.41, 5.74) is 0.217. The van der Waals surface area contributed by atoms with Gasteiger partial charge in [0.05, 0.1) is 5.00 Å². The first-order chi connectivity index (χ1) is 7.69. The van der Waals surface area contributed by atoms with E-state index in [1.165, 1.54) is 4.88 Å². The van der Waals surface area contributed by atoms with E-state index in [0.29, 0.717) is 5.91 Å². The van der Waals surface area contributed by atoms with Crippen molar-refractivity contribution in [2.45, 2.75) is 19.8 Å². The van der Waals surface area contributed by atoms with Crippen LogP contribution in [0, 0.1) is 12.3 Å². The molecule has 0 saturated carbocycles. The Labute approximate surface area is 99.5 Å². The monoisotopic (exact) mass is 236 g/mol. The van der Waals surface area contributed by atoms with Gasteiger partial charge in [-0.25, -0.2) is 0 Å². The summed E-state index contributed by atoms with van der Waals surface area (Å²) >= 11 is 1.72. The predicted molar refractivity (Wildman–Crippen MR) is 65.9 cm³/mol. The third kappa shape index (κ3) is 1.57. The van der Waals surface area contributed by atoms with Gasteiger partial charge in [0.25, 0.3) is 0 Å². The molecular formula is C12H16N2OS. The lowest BCUT2D eigenvalue weighted by molar-refractivity contribution is -0.117. The van der Waals surface area contributed by atoms with Gasteiger partial charge in [-0.3, -0.25) is 4.79 Å². The number of hydrogen-bond acceptors (Lipinski definition) is 3.